The Morgan fingerprint density at radius 1 is 0.905 bits per heavy atom. The Morgan fingerprint density at radius 2 is 1.48 bits per heavy atom. The summed E-state index contributed by atoms with van der Waals surface area (Å²) in [5, 5.41) is 3.24. The third-order valence-corrected chi connectivity index (χ3v) is 4.23. The van der Waals surface area contributed by atoms with Crippen LogP contribution in [0.1, 0.15) is 5.56 Å². The van der Waals surface area contributed by atoms with Gasteiger partial charge in [-0.3, -0.25) is 0 Å². The second-order valence-corrected chi connectivity index (χ2v) is 6.29. The molecule has 6 heteroatoms. The van der Waals surface area contributed by atoms with Crippen molar-refractivity contribution < 1.29 is 13.2 Å². The molecule has 1 N–H and O–H groups in total. The molecule has 0 aliphatic carbocycles. The maximum atomic E-state index is 12.2. The molecule has 0 atom stereocenters. The summed E-state index contributed by atoms with van der Waals surface area (Å²) in [5.41, 5.74) is -2.31. The van der Waals surface area contributed by atoms with Crippen LogP contribution in [0.25, 0.3) is 0 Å². The summed E-state index contributed by atoms with van der Waals surface area (Å²) in [6, 6.07) is 14.4. The van der Waals surface area contributed by atoms with Crippen molar-refractivity contribution in [3.63, 3.8) is 0 Å². The summed E-state index contributed by atoms with van der Waals surface area (Å²) >= 11 is 1.58. The largest absolute Gasteiger partial charge is 0.446 e. The van der Waals surface area contributed by atoms with E-state index in [9.17, 15) is 13.2 Å². The van der Waals surface area contributed by atoms with Crippen LogP contribution in [0.4, 0.5) is 18.9 Å². The summed E-state index contributed by atoms with van der Waals surface area (Å²) in [7, 11) is 0. The Bertz CT molecular complexity index is 565. The lowest BCUT2D eigenvalue weighted by molar-refractivity contribution is -0.0328. The fourth-order valence-electron chi connectivity index (χ4n) is 1.72. The molecule has 0 bridgehead atoms. The van der Waals surface area contributed by atoms with Crippen LogP contribution in [0.3, 0.4) is 0 Å². The van der Waals surface area contributed by atoms with Crippen LogP contribution in [0.15, 0.2) is 58.3 Å². The molecule has 2 aromatic rings. The van der Waals surface area contributed by atoms with E-state index in [-0.39, 0.29) is 16.7 Å². The quantitative estimate of drug-likeness (QED) is 0.714. The molecule has 112 valence electrons. The molecular formula is C15H14F3NS2. The smallest absolute Gasteiger partial charge is 0.381 e. The summed E-state index contributed by atoms with van der Waals surface area (Å²) in [5.74, 6) is 0. The van der Waals surface area contributed by atoms with E-state index in [0.29, 0.717) is 6.54 Å². The van der Waals surface area contributed by atoms with Crippen molar-refractivity contribution in [1.82, 2.24) is 0 Å². The number of benzene rings is 2. The van der Waals surface area contributed by atoms with Crippen molar-refractivity contribution in [3.8, 4) is 0 Å². The standard InChI is InChI=1S/C15H14F3NS2/c1-20-13-8-4-12(5-9-13)19-10-11-2-6-14(7-3-11)21-15(16,17)18/h2-9,19H,10H2,1H3. The van der Waals surface area contributed by atoms with E-state index in [1.807, 2.05) is 30.5 Å². The van der Waals surface area contributed by atoms with Gasteiger partial charge in [-0.15, -0.1) is 11.8 Å². The van der Waals surface area contributed by atoms with Crippen LogP contribution in [-0.4, -0.2) is 11.8 Å². The SMILES string of the molecule is CSc1ccc(NCc2ccc(SC(F)(F)F)cc2)cc1. The summed E-state index contributed by atoms with van der Waals surface area (Å²) in [6.07, 6.45) is 2.02. The Labute approximate surface area is 130 Å². The van der Waals surface area contributed by atoms with E-state index in [4.69, 9.17) is 0 Å². The minimum atomic E-state index is -4.24. The molecule has 2 aromatic carbocycles. The Morgan fingerprint density at radius 3 is 2.00 bits per heavy atom. The second kappa shape index (κ2) is 7.13. The zero-order valence-corrected chi connectivity index (χ0v) is 12.9. The van der Waals surface area contributed by atoms with Crippen molar-refractivity contribution in [3.05, 3.63) is 54.1 Å². The molecule has 0 aliphatic heterocycles. The Hall–Kier alpha value is -1.27. The predicted octanol–water partition coefficient (Wildman–Crippen LogP) is 5.63. The number of hydrogen-bond acceptors (Lipinski definition) is 3. The van der Waals surface area contributed by atoms with E-state index < -0.39 is 5.51 Å². The minimum absolute atomic E-state index is 0.0947. The third kappa shape index (κ3) is 5.55. The molecule has 0 aliphatic rings. The number of hydrogen-bond donors (Lipinski definition) is 1. The molecule has 0 radical (unpaired) electrons. The average Bonchev–Trinajstić information content (AvgIpc) is 2.45. The van der Waals surface area contributed by atoms with Gasteiger partial charge < -0.3 is 5.32 Å². The van der Waals surface area contributed by atoms with Gasteiger partial charge in [0.15, 0.2) is 0 Å². The van der Waals surface area contributed by atoms with Gasteiger partial charge >= 0.3 is 5.51 Å². The number of rotatable bonds is 5. The van der Waals surface area contributed by atoms with Gasteiger partial charge in [-0.2, -0.15) is 13.2 Å². The number of nitrogens with one attached hydrogen (secondary N) is 1. The van der Waals surface area contributed by atoms with E-state index in [1.165, 1.54) is 17.0 Å². The van der Waals surface area contributed by atoms with Gasteiger partial charge in [-0.05, 0) is 60.0 Å². The highest BCUT2D eigenvalue weighted by Gasteiger charge is 2.28. The van der Waals surface area contributed by atoms with E-state index in [0.717, 1.165) is 11.3 Å². The predicted molar refractivity (Wildman–Crippen MR) is 83.9 cm³/mol. The van der Waals surface area contributed by atoms with Crippen LogP contribution in [0.5, 0.6) is 0 Å². The topological polar surface area (TPSA) is 12.0 Å². The van der Waals surface area contributed by atoms with Gasteiger partial charge in [0.1, 0.15) is 0 Å². The normalized spacial score (nSPS) is 11.4. The maximum absolute atomic E-state index is 12.2. The Balaban J connectivity index is 1.91. The molecule has 0 saturated heterocycles. The fraction of sp³-hybridized carbons (Fsp3) is 0.200. The van der Waals surface area contributed by atoms with Gasteiger partial charge in [-0.1, -0.05) is 12.1 Å². The molecule has 0 fully saturated rings. The van der Waals surface area contributed by atoms with Crippen molar-refractivity contribution in [2.45, 2.75) is 21.8 Å². The zero-order chi connectivity index (χ0) is 15.3. The van der Waals surface area contributed by atoms with E-state index in [2.05, 4.69) is 5.32 Å². The first-order valence-corrected chi connectivity index (χ1v) is 8.23. The highest BCUT2D eigenvalue weighted by molar-refractivity contribution is 8.00. The number of thioether (sulfide) groups is 2. The number of alkyl halides is 3. The van der Waals surface area contributed by atoms with Crippen molar-refractivity contribution in [2.24, 2.45) is 0 Å². The lowest BCUT2D eigenvalue weighted by Gasteiger charge is -2.09. The van der Waals surface area contributed by atoms with E-state index in [1.54, 1.807) is 23.9 Å². The van der Waals surface area contributed by atoms with Gasteiger partial charge in [0.25, 0.3) is 0 Å². The highest BCUT2D eigenvalue weighted by Crippen LogP contribution is 2.36. The summed E-state index contributed by atoms with van der Waals surface area (Å²) < 4.78 is 36.7. The van der Waals surface area contributed by atoms with Gasteiger partial charge in [0.05, 0.1) is 0 Å². The minimum Gasteiger partial charge on any atom is -0.381 e. The van der Waals surface area contributed by atoms with Gasteiger partial charge in [-0.25, -0.2) is 0 Å². The molecule has 0 heterocycles. The lowest BCUT2D eigenvalue weighted by atomic mass is 10.2. The van der Waals surface area contributed by atoms with Crippen LogP contribution in [-0.2, 0) is 6.54 Å². The van der Waals surface area contributed by atoms with Crippen molar-refractivity contribution in [2.75, 3.05) is 11.6 Å². The van der Waals surface area contributed by atoms with Gasteiger partial charge in [0, 0.05) is 22.0 Å². The van der Waals surface area contributed by atoms with Crippen LogP contribution >= 0.6 is 23.5 Å². The molecule has 21 heavy (non-hydrogen) atoms. The molecular weight excluding hydrogens is 315 g/mol. The van der Waals surface area contributed by atoms with Crippen LogP contribution in [0, 0.1) is 0 Å². The first kappa shape index (κ1) is 16.1. The lowest BCUT2D eigenvalue weighted by Crippen LogP contribution is -2.00. The molecule has 2 rings (SSSR count). The van der Waals surface area contributed by atoms with Gasteiger partial charge in [0.2, 0.25) is 0 Å². The molecule has 1 nitrogen and oxygen atoms in total. The first-order valence-electron chi connectivity index (χ1n) is 6.19. The maximum Gasteiger partial charge on any atom is 0.446 e. The molecule has 0 aromatic heterocycles. The third-order valence-electron chi connectivity index (χ3n) is 2.74. The monoisotopic (exact) mass is 329 g/mol. The summed E-state index contributed by atoms with van der Waals surface area (Å²) in [4.78, 5) is 1.39. The highest BCUT2D eigenvalue weighted by atomic mass is 32.2. The summed E-state index contributed by atoms with van der Waals surface area (Å²) in [6.45, 7) is 0.579. The van der Waals surface area contributed by atoms with Crippen LogP contribution < -0.4 is 5.32 Å². The second-order valence-electron chi connectivity index (χ2n) is 4.27. The zero-order valence-electron chi connectivity index (χ0n) is 11.3. The van der Waals surface area contributed by atoms with Crippen molar-refractivity contribution >= 4 is 29.2 Å². The fourth-order valence-corrected chi connectivity index (χ4v) is 2.67. The van der Waals surface area contributed by atoms with Crippen LogP contribution in [0.2, 0.25) is 0 Å². The van der Waals surface area contributed by atoms with E-state index >= 15 is 0 Å². The van der Waals surface area contributed by atoms with Crippen molar-refractivity contribution in [1.29, 1.82) is 0 Å². The number of halogens is 3. The molecule has 0 unspecified atom stereocenters. The Kier molecular flexibility index (Phi) is 5.47. The first-order chi connectivity index (χ1) is 9.96. The average molecular weight is 329 g/mol. The molecule has 0 amide bonds. The number of anilines is 1. The molecule has 0 saturated carbocycles. The molecule has 0 spiro atoms.